The monoisotopic (exact) mass is 328 g/mol. The van der Waals surface area contributed by atoms with Crippen molar-refractivity contribution in [3.05, 3.63) is 28.0 Å². The predicted octanol–water partition coefficient (Wildman–Crippen LogP) is 3.48. The molecule has 5 heteroatoms. The highest BCUT2D eigenvalue weighted by molar-refractivity contribution is 9.10. The normalized spacial score (nSPS) is 23.1. The van der Waals surface area contributed by atoms with Gasteiger partial charge in [-0.3, -0.25) is 4.79 Å². The molecular formula is C14H18BrFN2O. The van der Waals surface area contributed by atoms with E-state index in [0.717, 1.165) is 19.3 Å². The Morgan fingerprint density at radius 1 is 1.47 bits per heavy atom. The van der Waals surface area contributed by atoms with E-state index in [-0.39, 0.29) is 17.6 Å². The molecule has 1 aliphatic carbocycles. The van der Waals surface area contributed by atoms with Gasteiger partial charge >= 0.3 is 0 Å². The van der Waals surface area contributed by atoms with Gasteiger partial charge in [0.05, 0.1) is 11.3 Å². The van der Waals surface area contributed by atoms with Crippen LogP contribution in [0.5, 0.6) is 0 Å². The van der Waals surface area contributed by atoms with Crippen LogP contribution in [0.25, 0.3) is 0 Å². The number of nitrogens with two attached hydrogens (primary N) is 1. The minimum atomic E-state index is -0.519. The van der Waals surface area contributed by atoms with Gasteiger partial charge in [0.25, 0.3) is 5.91 Å². The summed E-state index contributed by atoms with van der Waals surface area (Å²) in [4.78, 5) is 12.2. The summed E-state index contributed by atoms with van der Waals surface area (Å²) in [7, 11) is 0. The molecule has 1 aliphatic rings. The summed E-state index contributed by atoms with van der Waals surface area (Å²) >= 11 is 3.20. The standard InChI is InChI=1S/C14H18BrFN2O/c1-8-3-2-4-9(5-8)18-14(19)10-6-13(17)12(16)7-11(10)15/h6-9H,2-5,17H2,1H3,(H,18,19). The quantitative estimate of drug-likeness (QED) is 0.816. The number of nitrogens with one attached hydrogen (secondary N) is 1. The summed E-state index contributed by atoms with van der Waals surface area (Å²) in [6, 6.07) is 2.81. The highest BCUT2D eigenvalue weighted by atomic mass is 79.9. The third kappa shape index (κ3) is 3.47. The molecule has 0 heterocycles. The number of amides is 1. The van der Waals surface area contributed by atoms with E-state index in [1.54, 1.807) is 0 Å². The van der Waals surface area contributed by atoms with Gasteiger partial charge in [0, 0.05) is 10.5 Å². The second-order valence-electron chi connectivity index (χ2n) is 5.30. The van der Waals surface area contributed by atoms with E-state index < -0.39 is 5.82 Å². The van der Waals surface area contributed by atoms with Crippen LogP contribution < -0.4 is 11.1 Å². The first-order chi connectivity index (χ1) is 8.97. The lowest BCUT2D eigenvalue weighted by Crippen LogP contribution is -2.38. The molecule has 1 aromatic carbocycles. The van der Waals surface area contributed by atoms with Crippen molar-refractivity contribution in [2.45, 2.75) is 38.6 Å². The molecule has 1 amide bonds. The first-order valence-corrected chi connectivity index (χ1v) is 7.32. The second-order valence-corrected chi connectivity index (χ2v) is 6.15. The number of benzene rings is 1. The Kier molecular flexibility index (Phi) is 4.45. The number of carbonyl (C=O) groups excluding carboxylic acids is 1. The Labute approximate surface area is 120 Å². The van der Waals surface area contributed by atoms with Crippen LogP contribution in [-0.2, 0) is 0 Å². The van der Waals surface area contributed by atoms with Crippen molar-refractivity contribution in [1.29, 1.82) is 0 Å². The summed E-state index contributed by atoms with van der Waals surface area (Å²) in [5.41, 5.74) is 5.88. The van der Waals surface area contributed by atoms with Gasteiger partial charge in [-0.2, -0.15) is 0 Å². The third-order valence-electron chi connectivity index (χ3n) is 3.60. The van der Waals surface area contributed by atoms with Crippen molar-refractivity contribution in [3.63, 3.8) is 0 Å². The van der Waals surface area contributed by atoms with Crippen LogP contribution >= 0.6 is 15.9 Å². The smallest absolute Gasteiger partial charge is 0.252 e. The van der Waals surface area contributed by atoms with Gasteiger partial charge < -0.3 is 11.1 Å². The maximum atomic E-state index is 13.2. The molecule has 0 saturated heterocycles. The molecule has 3 N–H and O–H groups in total. The van der Waals surface area contributed by atoms with E-state index >= 15 is 0 Å². The molecular weight excluding hydrogens is 311 g/mol. The first kappa shape index (κ1) is 14.3. The Bertz CT molecular complexity index is 493. The molecule has 0 bridgehead atoms. The van der Waals surface area contributed by atoms with Gasteiger partial charge in [0.1, 0.15) is 5.82 Å². The van der Waals surface area contributed by atoms with Crippen LogP contribution in [0, 0.1) is 11.7 Å². The largest absolute Gasteiger partial charge is 0.396 e. The maximum Gasteiger partial charge on any atom is 0.252 e. The fraction of sp³-hybridized carbons (Fsp3) is 0.500. The Morgan fingerprint density at radius 2 is 2.21 bits per heavy atom. The molecule has 2 rings (SSSR count). The molecule has 0 aliphatic heterocycles. The highest BCUT2D eigenvalue weighted by Crippen LogP contribution is 2.26. The maximum absolute atomic E-state index is 13.2. The van der Waals surface area contributed by atoms with Crippen LogP contribution in [0.3, 0.4) is 0 Å². The van der Waals surface area contributed by atoms with Crippen LogP contribution in [0.2, 0.25) is 0 Å². The number of nitrogen functional groups attached to an aromatic ring is 1. The lowest BCUT2D eigenvalue weighted by atomic mass is 9.87. The van der Waals surface area contributed by atoms with Crippen molar-refractivity contribution < 1.29 is 9.18 Å². The molecule has 0 spiro atoms. The molecule has 0 radical (unpaired) electrons. The molecule has 3 nitrogen and oxygen atoms in total. The van der Waals surface area contributed by atoms with Crippen LogP contribution in [-0.4, -0.2) is 11.9 Å². The highest BCUT2D eigenvalue weighted by Gasteiger charge is 2.22. The fourth-order valence-corrected chi connectivity index (χ4v) is 3.06. The van der Waals surface area contributed by atoms with E-state index in [4.69, 9.17) is 5.73 Å². The summed E-state index contributed by atoms with van der Waals surface area (Å²) in [5.74, 6) is -0.0758. The minimum absolute atomic E-state index is 0.00892. The van der Waals surface area contributed by atoms with Crippen molar-refractivity contribution >= 4 is 27.5 Å². The van der Waals surface area contributed by atoms with E-state index in [1.165, 1.54) is 18.6 Å². The summed E-state index contributed by atoms with van der Waals surface area (Å²) in [5, 5.41) is 3.01. The van der Waals surface area contributed by atoms with Gasteiger partial charge in [-0.1, -0.05) is 19.8 Å². The zero-order valence-electron chi connectivity index (χ0n) is 10.9. The number of halogens is 2. The summed E-state index contributed by atoms with van der Waals surface area (Å²) < 4.78 is 13.7. The molecule has 1 fully saturated rings. The fourth-order valence-electron chi connectivity index (χ4n) is 2.57. The molecule has 19 heavy (non-hydrogen) atoms. The number of anilines is 1. The molecule has 0 aromatic heterocycles. The van der Waals surface area contributed by atoms with Gasteiger partial charge in [0.15, 0.2) is 0 Å². The lowest BCUT2D eigenvalue weighted by molar-refractivity contribution is 0.0920. The lowest BCUT2D eigenvalue weighted by Gasteiger charge is -2.27. The van der Waals surface area contributed by atoms with Crippen LogP contribution in [0.15, 0.2) is 16.6 Å². The Hall–Kier alpha value is -1.10. The molecule has 2 atom stereocenters. The third-order valence-corrected chi connectivity index (χ3v) is 4.26. The predicted molar refractivity (Wildman–Crippen MR) is 77.4 cm³/mol. The van der Waals surface area contributed by atoms with Crippen molar-refractivity contribution in [3.8, 4) is 0 Å². The van der Waals surface area contributed by atoms with E-state index in [2.05, 4.69) is 28.2 Å². The van der Waals surface area contributed by atoms with Gasteiger partial charge in [-0.15, -0.1) is 0 Å². The van der Waals surface area contributed by atoms with Crippen molar-refractivity contribution in [2.75, 3.05) is 5.73 Å². The SMILES string of the molecule is CC1CCCC(NC(=O)c2cc(N)c(F)cc2Br)C1. The average Bonchev–Trinajstić information content (AvgIpc) is 2.33. The molecule has 1 saturated carbocycles. The van der Waals surface area contributed by atoms with Crippen LogP contribution in [0.4, 0.5) is 10.1 Å². The Balaban J connectivity index is 2.09. The molecule has 2 unspecified atom stereocenters. The Morgan fingerprint density at radius 3 is 2.89 bits per heavy atom. The average molecular weight is 329 g/mol. The first-order valence-electron chi connectivity index (χ1n) is 6.52. The minimum Gasteiger partial charge on any atom is -0.396 e. The van der Waals surface area contributed by atoms with E-state index in [9.17, 15) is 9.18 Å². The topological polar surface area (TPSA) is 55.1 Å². The number of carbonyl (C=O) groups is 1. The van der Waals surface area contributed by atoms with Gasteiger partial charge in [0.2, 0.25) is 0 Å². The van der Waals surface area contributed by atoms with Crippen LogP contribution in [0.1, 0.15) is 43.0 Å². The molecule has 104 valence electrons. The van der Waals surface area contributed by atoms with Crippen molar-refractivity contribution in [1.82, 2.24) is 5.32 Å². The number of hydrogen-bond donors (Lipinski definition) is 2. The number of rotatable bonds is 2. The van der Waals surface area contributed by atoms with E-state index in [1.807, 2.05) is 0 Å². The van der Waals surface area contributed by atoms with Gasteiger partial charge in [-0.25, -0.2) is 4.39 Å². The summed E-state index contributed by atoms with van der Waals surface area (Å²) in [6.07, 6.45) is 4.36. The van der Waals surface area contributed by atoms with Gasteiger partial charge in [-0.05, 0) is 46.8 Å². The summed E-state index contributed by atoms with van der Waals surface area (Å²) in [6.45, 7) is 2.20. The van der Waals surface area contributed by atoms with E-state index in [0.29, 0.717) is 16.0 Å². The second kappa shape index (κ2) is 5.90. The zero-order chi connectivity index (χ0) is 14.0. The number of hydrogen-bond acceptors (Lipinski definition) is 2. The molecule has 1 aromatic rings. The van der Waals surface area contributed by atoms with Crippen molar-refractivity contribution in [2.24, 2.45) is 5.92 Å². The zero-order valence-corrected chi connectivity index (χ0v) is 12.5.